The molecule has 0 bridgehead atoms. The van der Waals surface area contributed by atoms with Gasteiger partial charge in [-0.1, -0.05) is 6.42 Å². The van der Waals surface area contributed by atoms with Crippen LogP contribution >= 0.6 is 0 Å². The van der Waals surface area contributed by atoms with Crippen molar-refractivity contribution in [3.8, 4) is 6.07 Å². The van der Waals surface area contributed by atoms with Crippen molar-refractivity contribution in [3.05, 3.63) is 0 Å². The Morgan fingerprint density at radius 1 is 1.37 bits per heavy atom. The van der Waals surface area contributed by atoms with E-state index in [4.69, 9.17) is 10.00 Å². The number of rotatable bonds is 4. The standard InChI is InChI=1S/C14H20N2O3/c15-10-11-4-1-2-5-12(11)19-14(18)7-9-16-8-3-6-13(16)17/h11-12H,1-9H2/t11-,12-/m0/s1. The molecule has 2 atom stereocenters. The van der Waals surface area contributed by atoms with Crippen molar-refractivity contribution >= 4 is 11.9 Å². The third-order valence-corrected chi connectivity index (χ3v) is 3.91. The minimum Gasteiger partial charge on any atom is -0.461 e. The van der Waals surface area contributed by atoms with Crippen molar-refractivity contribution in [2.45, 2.75) is 51.0 Å². The molecule has 1 aliphatic heterocycles. The molecule has 2 fully saturated rings. The molecular formula is C14H20N2O3. The normalized spacial score (nSPS) is 27.1. The second-order valence-electron chi connectivity index (χ2n) is 5.28. The van der Waals surface area contributed by atoms with Crippen molar-refractivity contribution in [1.29, 1.82) is 5.26 Å². The smallest absolute Gasteiger partial charge is 0.307 e. The Bertz CT molecular complexity index is 389. The molecule has 0 aromatic carbocycles. The van der Waals surface area contributed by atoms with Crippen LogP contribution in [0.3, 0.4) is 0 Å². The van der Waals surface area contributed by atoms with Gasteiger partial charge < -0.3 is 9.64 Å². The Labute approximate surface area is 113 Å². The highest BCUT2D eigenvalue weighted by molar-refractivity contribution is 5.79. The number of hydrogen-bond donors (Lipinski definition) is 0. The molecule has 1 amide bonds. The maximum Gasteiger partial charge on any atom is 0.307 e. The van der Waals surface area contributed by atoms with E-state index >= 15 is 0 Å². The first kappa shape index (κ1) is 13.9. The van der Waals surface area contributed by atoms with Gasteiger partial charge in [-0.3, -0.25) is 9.59 Å². The average molecular weight is 264 g/mol. The van der Waals surface area contributed by atoms with Gasteiger partial charge in [-0.2, -0.15) is 5.26 Å². The fraction of sp³-hybridized carbons (Fsp3) is 0.786. The van der Waals surface area contributed by atoms with Crippen molar-refractivity contribution in [1.82, 2.24) is 4.90 Å². The van der Waals surface area contributed by atoms with Crippen LogP contribution in [0.25, 0.3) is 0 Å². The van der Waals surface area contributed by atoms with Crippen LogP contribution in [0.2, 0.25) is 0 Å². The molecule has 0 spiro atoms. The molecule has 0 unspecified atom stereocenters. The molecule has 0 aromatic heterocycles. The maximum atomic E-state index is 11.8. The van der Waals surface area contributed by atoms with Crippen LogP contribution in [0.15, 0.2) is 0 Å². The van der Waals surface area contributed by atoms with Gasteiger partial charge in [0.2, 0.25) is 5.91 Å². The second-order valence-corrected chi connectivity index (χ2v) is 5.28. The number of ether oxygens (including phenoxy) is 1. The Kier molecular flexibility index (Phi) is 4.78. The second kappa shape index (κ2) is 6.55. The fourth-order valence-corrected chi connectivity index (χ4v) is 2.78. The third kappa shape index (κ3) is 3.69. The first-order valence-electron chi connectivity index (χ1n) is 7.07. The first-order valence-corrected chi connectivity index (χ1v) is 7.07. The molecule has 5 nitrogen and oxygen atoms in total. The third-order valence-electron chi connectivity index (χ3n) is 3.91. The van der Waals surface area contributed by atoms with Crippen molar-refractivity contribution in [3.63, 3.8) is 0 Å². The summed E-state index contributed by atoms with van der Waals surface area (Å²) in [6.45, 7) is 1.19. The van der Waals surface area contributed by atoms with E-state index in [2.05, 4.69) is 6.07 Å². The van der Waals surface area contributed by atoms with E-state index in [0.29, 0.717) is 13.0 Å². The van der Waals surface area contributed by atoms with Gasteiger partial charge in [0.25, 0.3) is 0 Å². The van der Waals surface area contributed by atoms with E-state index in [1.54, 1.807) is 4.90 Å². The van der Waals surface area contributed by atoms with Crippen LogP contribution in [0, 0.1) is 17.2 Å². The largest absolute Gasteiger partial charge is 0.461 e. The van der Waals surface area contributed by atoms with E-state index in [9.17, 15) is 9.59 Å². The van der Waals surface area contributed by atoms with Crippen LogP contribution in [0.4, 0.5) is 0 Å². The number of amides is 1. The van der Waals surface area contributed by atoms with E-state index in [-0.39, 0.29) is 30.3 Å². The van der Waals surface area contributed by atoms with E-state index in [1.807, 2.05) is 0 Å². The molecule has 1 heterocycles. The lowest BCUT2D eigenvalue weighted by Crippen LogP contribution is -2.32. The zero-order valence-electron chi connectivity index (χ0n) is 11.1. The van der Waals surface area contributed by atoms with Gasteiger partial charge in [0.15, 0.2) is 0 Å². The minimum atomic E-state index is -0.285. The molecule has 2 rings (SSSR count). The lowest BCUT2D eigenvalue weighted by molar-refractivity contribution is -0.152. The fourth-order valence-electron chi connectivity index (χ4n) is 2.78. The maximum absolute atomic E-state index is 11.8. The molecule has 0 N–H and O–H groups in total. The Hall–Kier alpha value is -1.57. The zero-order valence-corrected chi connectivity index (χ0v) is 11.1. The molecule has 5 heteroatoms. The van der Waals surface area contributed by atoms with E-state index < -0.39 is 0 Å². The number of esters is 1. The Morgan fingerprint density at radius 3 is 2.84 bits per heavy atom. The number of carbonyl (C=O) groups excluding carboxylic acids is 2. The lowest BCUT2D eigenvalue weighted by atomic mass is 9.87. The number of hydrogen-bond acceptors (Lipinski definition) is 4. The molecule has 1 saturated carbocycles. The zero-order chi connectivity index (χ0) is 13.7. The molecule has 2 aliphatic rings. The number of likely N-dealkylation sites (tertiary alicyclic amines) is 1. The predicted molar refractivity (Wildman–Crippen MR) is 67.9 cm³/mol. The summed E-state index contributed by atoms with van der Waals surface area (Å²) >= 11 is 0. The molecule has 104 valence electrons. The Balaban J connectivity index is 1.74. The van der Waals surface area contributed by atoms with Gasteiger partial charge in [0.05, 0.1) is 18.4 Å². The summed E-state index contributed by atoms with van der Waals surface area (Å²) in [5.41, 5.74) is 0. The van der Waals surface area contributed by atoms with E-state index in [0.717, 1.165) is 38.6 Å². The summed E-state index contributed by atoms with van der Waals surface area (Å²) in [4.78, 5) is 24.9. The molecule has 0 radical (unpaired) electrons. The van der Waals surface area contributed by atoms with Crippen LogP contribution in [-0.4, -0.2) is 36.0 Å². The highest BCUT2D eigenvalue weighted by Crippen LogP contribution is 2.26. The molecule has 19 heavy (non-hydrogen) atoms. The summed E-state index contributed by atoms with van der Waals surface area (Å²) in [6, 6.07) is 2.22. The summed E-state index contributed by atoms with van der Waals surface area (Å²) in [7, 11) is 0. The quantitative estimate of drug-likeness (QED) is 0.723. The van der Waals surface area contributed by atoms with Crippen molar-refractivity contribution in [2.75, 3.05) is 13.1 Å². The monoisotopic (exact) mass is 264 g/mol. The van der Waals surface area contributed by atoms with Crippen molar-refractivity contribution in [2.24, 2.45) is 5.92 Å². The Morgan fingerprint density at radius 2 is 2.16 bits per heavy atom. The minimum absolute atomic E-state index is 0.125. The molecule has 0 aromatic rings. The van der Waals surface area contributed by atoms with Crippen LogP contribution in [0.5, 0.6) is 0 Å². The predicted octanol–water partition coefficient (Wildman–Crippen LogP) is 1.62. The molecule has 1 saturated heterocycles. The van der Waals surface area contributed by atoms with Crippen molar-refractivity contribution < 1.29 is 14.3 Å². The van der Waals surface area contributed by atoms with Gasteiger partial charge in [-0.05, 0) is 25.7 Å². The summed E-state index contributed by atoms with van der Waals surface area (Å²) in [5, 5.41) is 9.02. The van der Waals surface area contributed by atoms with Crippen LogP contribution in [0.1, 0.15) is 44.9 Å². The highest BCUT2D eigenvalue weighted by atomic mass is 16.5. The summed E-state index contributed by atoms with van der Waals surface area (Å²) in [6.07, 6.45) is 5.11. The van der Waals surface area contributed by atoms with Gasteiger partial charge >= 0.3 is 5.97 Å². The lowest BCUT2D eigenvalue weighted by Gasteiger charge is -2.26. The number of carbonyl (C=O) groups is 2. The molecular weight excluding hydrogens is 244 g/mol. The number of nitriles is 1. The summed E-state index contributed by atoms with van der Waals surface area (Å²) in [5.74, 6) is -0.321. The van der Waals surface area contributed by atoms with Crippen LogP contribution < -0.4 is 0 Å². The average Bonchev–Trinajstić information content (AvgIpc) is 2.82. The summed E-state index contributed by atoms with van der Waals surface area (Å²) < 4.78 is 5.39. The van der Waals surface area contributed by atoms with Gasteiger partial charge in [-0.25, -0.2) is 0 Å². The number of nitrogens with zero attached hydrogens (tertiary/aromatic N) is 2. The van der Waals surface area contributed by atoms with Gasteiger partial charge in [-0.15, -0.1) is 0 Å². The van der Waals surface area contributed by atoms with Gasteiger partial charge in [0.1, 0.15) is 6.10 Å². The van der Waals surface area contributed by atoms with E-state index in [1.165, 1.54) is 0 Å². The van der Waals surface area contributed by atoms with Crippen LogP contribution in [-0.2, 0) is 14.3 Å². The first-order chi connectivity index (χ1) is 9.20. The SMILES string of the molecule is N#C[C@@H]1CCCC[C@@H]1OC(=O)CCN1CCCC1=O. The van der Waals surface area contributed by atoms with Gasteiger partial charge in [0, 0.05) is 19.5 Å². The molecule has 1 aliphatic carbocycles. The highest BCUT2D eigenvalue weighted by Gasteiger charge is 2.28. The topological polar surface area (TPSA) is 70.4 Å².